The van der Waals surface area contributed by atoms with Gasteiger partial charge in [-0.3, -0.25) is 15.1 Å². The molecule has 0 bridgehead atoms. The molecule has 0 unspecified atom stereocenters. The van der Waals surface area contributed by atoms with Crippen LogP contribution >= 0.6 is 11.6 Å². The van der Waals surface area contributed by atoms with E-state index in [1.807, 2.05) is 31.2 Å². The monoisotopic (exact) mass is 333 g/mol. The molecule has 23 heavy (non-hydrogen) atoms. The van der Waals surface area contributed by atoms with Crippen molar-refractivity contribution >= 4 is 23.5 Å². The van der Waals surface area contributed by atoms with Crippen LogP contribution in [-0.2, 0) is 0 Å². The lowest BCUT2D eigenvalue weighted by atomic mass is 10.1. The molecule has 0 spiro atoms. The quantitative estimate of drug-likeness (QED) is 0.476. The molecule has 0 aliphatic rings. The van der Waals surface area contributed by atoms with Crippen LogP contribution in [0.3, 0.4) is 0 Å². The summed E-state index contributed by atoms with van der Waals surface area (Å²) in [5.41, 5.74) is 0.352. The van der Waals surface area contributed by atoms with Gasteiger partial charge in [0.15, 0.2) is 0 Å². The van der Waals surface area contributed by atoms with Crippen LogP contribution < -0.4 is 9.84 Å². The van der Waals surface area contributed by atoms with E-state index in [0.717, 1.165) is 11.6 Å². The number of ether oxygens (including phenoxy) is 1. The third-order valence-corrected chi connectivity index (χ3v) is 3.50. The Morgan fingerprint density at radius 2 is 2.04 bits per heavy atom. The molecule has 6 nitrogen and oxygen atoms in total. The molecule has 2 aromatic rings. The predicted octanol–water partition coefficient (Wildman–Crippen LogP) is 3.51. The van der Waals surface area contributed by atoms with E-state index in [4.69, 9.17) is 16.3 Å². The average molecular weight is 334 g/mol. The normalized spacial score (nSPS) is 12.3. The van der Waals surface area contributed by atoms with Gasteiger partial charge in [-0.15, -0.1) is 0 Å². The lowest BCUT2D eigenvalue weighted by Gasteiger charge is -2.13. The highest BCUT2D eigenvalue weighted by Gasteiger charge is 2.12. The van der Waals surface area contributed by atoms with Crippen molar-refractivity contribution in [2.75, 3.05) is 7.11 Å². The molecule has 0 amide bonds. The van der Waals surface area contributed by atoms with Gasteiger partial charge in [-0.25, -0.2) is 0 Å². The molecule has 2 rings (SSSR count). The van der Waals surface area contributed by atoms with Gasteiger partial charge in [0.2, 0.25) is 0 Å². The second-order valence-corrected chi connectivity index (χ2v) is 5.23. The number of methoxy groups -OCH3 is 1. The lowest BCUT2D eigenvalue weighted by molar-refractivity contribution is -0.398. The van der Waals surface area contributed by atoms with Crippen LogP contribution in [0.25, 0.3) is 0 Å². The number of rotatable bonds is 5. The Hall–Kier alpha value is -2.60. The van der Waals surface area contributed by atoms with Crippen LogP contribution in [-0.4, -0.2) is 18.2 Å². The van der Waals surface area contributed by atoms with Crippen molar-refractivity contribution in [2.24, 2.45) is 4.99 Å². The van der Waals surface area contributed by atoms with Gasteiger partial charge in [-0.05, 0) is 30.4 Å². The Bertz CT molecular complexity index is 762. The highest BCUT2D eigenvalue weighted by Crippen LogP contribution is 2.31. The van der Waals surface area contributed by atoms with Gasteiger partial charge in [0.1, 0.15) is 5.75 Å². The highest BCUT2D eigenvalue weighted by molar-refractivity contribution is 6.31. The molecule has 0 aliphatic carbocycles. The Morgan fingerprint density at radius 1 is 1.35 bits per heavy atom. The molecular weight excluding hydrogens is 320 g/mol. The average Bonchev–Trinajstić information content (AvgIpc) is 2.54. The van der Waals surface area contributed by atoms with E-state index in [2.05, 4.69) is 4.99 Å². The second-order valence-electron chi connectivity index (χ2n) is 4.80. The summed E-state index contributed by atoms with van der Waals surface area (Å²) >= 11 is 5.82. The van der Waals surface area contributed by atoms with Crippen molar-refractivity contribution in [3.05, 3.63) is 62.7 Å². The van der Waals surface area contributed by atoms with Crippen molar-refractivity contribution in [2.45, 2.75) is 13.0 Å². The smallest absolute Gasteiger partial charge is 0.263 e. The summed E-state index contributed by atoms with van der Waals surface area (Å²) in [6, 6.07) is 9.47. The number of nitrogens with zero attached hydrogens (tertiary/aromatic N) is 2. The molecule has 1 atom stereocenters. The summed E-state index contributed by atoms with van der Waals surface area (Å²) in [6.45, 7) is 1.83. The fraction of sp³-hybridized carbons (Fsp3) is 0.188. The molecule has 0 N–H and O–H groups in total. The predicted molar refractivity (Wildman–Crippen MR) is 86.6 cm³/mol. The van der Waals surface area contributed by atoms with Crippen molar-refractivity contribution in [3.8, 4) is 11.5 Å². The number of nitro benzene ring substituents is 1. The SMILES string of the molecule is COc1ccccc1[C@@H](C)N=Cc1cc(Cl)cc([N+](=O)[O-])c1[O-]. The minimum Gasteiger partial charge on any atom is -0.867 e. The summed E-state index contributed by atoms with van der Waals surface area (Å²) in [5, 5.41) is 23.0. The number of hydrogen-bond acceptors (Lipinski definition) is 5. The Balaban J connectivity index is 2.35. The maximum absolute atomic E-state index is 12.0. The molecule has 0 fully saturated rings. The molecular formula is C16H14ClN2O4-. The van der Waals surface area contributed by atoms with Crippen LogP contribution in [0, 0.1) is 10.1 Å². The Kier molecular flexibility index (Phi) is 5.18. The van der Waals surface area contributed by atoms with Crippen molar-refractivity contribution < 1.29 is 14.8 Å². The first-order valence-corrected chi connectivity index (χ1v) is 7.13. The minimum atomic E-state index is -0.755. The topological polar surface area (TPSA) is 87.8 Å². The summed E-state index contributed by atoms with van der Waals surface area (Å²) in [4.78, 5) is 14.4. The van der Waals surface area contributed by atoms with Gasteiger partial charge in [0.05, 0.1) is 18.1 Å². The number of halogens is 1. The van der Waals surface area contributed by atoms with E-state index < -0.39 is 16.4 Å². The molecule has 0 radical (unpaired) electrons. The molecule has 2 aromatic carbocycles. The number of nitro groups is 1. The summed E-state index contributed by atoms with van der Waals surface area (Å²) in [6.07, 6.45) is 1.30. The van der Waals surface area contributed by atoms with Crippen molar-refractivity contribution in [3.63, 3.8) is 0 Å². The van der Waals surface area contributed by atoms with E-state index in [1.165, 1.54) is 12.3 Å². The van der Waals surface area contributed by atoms with Crippen molar-refractivity contribution in [1.82, 2.24) is 0 Å². The number of para-hydroxylation sites is 1. The fourth-order valence-electron chi connectivity index (χ4n) is 2.12. The fourth-order valence-corrected chi connectivity index (χ4v) is 2.34. The van der Waals surface area contributed by atoms with Crippen LogP contribution in [0.15, 0.2) is 41.4 Å². The third-order valence-electron chi connectivity index (χ3n) is 3.29. The molecule has 0 saturated heterocycles. The third kappa shape index (κ3) is 3.78. The molecule has 120 valence electrons. The van der Waals surface area contributed by atoms with Crippen molar-refractivity contribution in [1.29, 1.82) is 0 Å². The standard InChI is InChI=1S/C16H15ClN2O4/c1-10(13-5-3-4-6-15(13)23-2)18-9-11-7-12(17)8-14(16(11)20)19(21)22/h3-10,20H,1-2H3/p-1/t10-/m1/s1. The van der Waals surface area contributed by atoms with Crippen LogP contribution in [0.1, 0.15) is 24.1 Å². The molecule has 7 heteroatoms. The summed E-state index contributed by atoms with van der Waals surface area (Å²) in [7, 11) is 1.56. The number of benzene rings is 2. The van der Waals surface area contributed by atoms with E-state index in [-0.39, 0.29) is 16.6 Å². The summed E-state index contributed by atoms with van der Waals surface area (Å²) < 4.78 is 5.27. The zero-order valence-corrected chi connectivity index (χ0v) is 13.3. The zero-order chi connectivity index (χ0) is 17.0. The largest absolute Gasteiger partial charge is 0.867 e. The number of hydrogen-bond donors (Lipinski definition) is 0. The first-order chi connectivity index (χ1) is 10.9. The second kappa shape index (κ2) is 7.11. The maximum atomic E-state index is 12.0. The molecule has 0 heterocycles. The lowest BCUT2D eigenvalue weighted by Crippen LogP contribution is -2.03. The molecule has 0 aliphatic heterocycles. The van der Waals surface area contributed by atoms with Gasteiger partial charge in [0, 0.05) is 22.9 Å². The van der Waals surface area contributed by atoms with E-state index in [9.17, 15) is 15.2 Å². The number of aliphatic imine (C=N–C) groups is 1. The Morgan fingerprint density at radius 3 is 2.70 bits per heavy atom. The first-order valence-electron chi connectivity index (χ1n) is 6.75. The molecule has 0 saturated carbocycles. The maximum Gasteiger partial charge on any atom is 0.263 e. The van der Waals surface area contributed by atoms with Crippen LogP contribution in [0.5, 0.6) is 11.5 Å². The first kappa shape index (κ1) is 16.8. The van der Waals surface area contributed by atoms with Crippen LogP contribution in [0.4, 0.5) is 5.69 Å². The van der Waals surface area contributed by atoms with Gasteiger partial charge >= 0.3 is 0 Å². The zero-order valence-electron chi connectivity index (χ0n) is 12.5. The van der Waals surface area contributed by atoms with Crippen LogP contribution in [0.2, 0.25) is 5.02 Å². The van der Waals surface area contributed by atoms with Gasteiger partial charge < -0.3 is 9.84 Å². The minimum absolute atomic E-state index is 0.0750. The summed E-state index contributed by atoms with van der Waals surface area (Å²) in [5.74, 6) is -0.0352. The van der Waals surface area contributed by atoms with Gasteiger partial charge in [-0.2, -0.15) is 0 Å². The van der Waals surface area contributed by atoms with E-state index in [0.29, 0.717) is 5.75 Å². The van der Waals surface area contributed by atoms with E-state index in [1.54, 1.807) is 7.11 Å². The highest BCUT2D eigenvalue weighted by atomic mass is 35.5. The van der Waals surface area contributed by atoms with Gasteiger partial charge in [-0.1, -0.05) is 29.8 Å². The van der Waals surface area contributed by atoms with Gasteiger partial charge in [0.25, 0.3) is 5.69 Å². The molecule has 0 aromatic heterocycles. The van der Waals surface area contributed by atoms with E-state index >= 15 is 0 Å². The Labute approximate surface area is 138 Å².